The summed E-state index contributed by atoms with van der Waals surface area (Å²) in [6.45, 7) is 14.0. The molecule has 1 rings (SSSR count). The van der Waals surface area contributed by atoms with Crippen LogP contribution >= 0.6 is 0 Å². The van der Waals surface area contributed by atoms with Crippen molar-refractivity contribution in [1.29, 1.82) is 0 Å². The van der Waals surface area contributed by atoms with Gasteiger partial charge in [-0.15, -0.1) is 0 Å². The third-order valence-electron chi connectivity index (χ3n) is 3.96. The summed E-state index contributed by atoms with van der Waals surface area (Å²) in [6, 6.07) is 4.37. The van der Waals surface area contributed by atoms with E-state index in [0.29, 0.717) is 17.8 Å². The molecular formula is C22H35N3O6. The number of hydrogen-bond acceptors (Lipinski definition) is 7. The van der Waals surface area contributed by atoms with Crippen molar-refractivity contribution in [3.05, 3.63) is 23.8 Å². The Hall–Kier alpha value is -2.97. The molecule has 0 saturated heterocycles. The summed E-state index contributed by atoms with van der Waals surface area (Å²) < 4.78 is 10.7. The van der Waals surface area contributed by atoms with Crippen molar-refractivity contribution in [2.75, 3.05) is 17.6 Å². The fourth-order valence-electron chi connectivity index (χ4n) is 2.51. The monoisotopic (exact) mass is 437 g/mol. The number of amides is 2. The van der Waals surface area contributed by atoms with Crippen molar-refractivity contribution in [3.8, 4) is 0 Å². The standard InChI is InChI=1S/C22H35N3O6/c1-20(2,3)30-18(28)25(19(29)31-21(4,5)6)12-11-22(7,8)24-16-13-14(17(26)27)9-10-15(16)23/h9-10,13,24H,11-12,23H2,1-8H3,(H,26,27). The van der Waals surface area contributed by atoms with E-state index in [1.165, 1.54) is 18.2 Å². The predicted molar refractivity (Wildman–Crippen MR) is 119 cm³/mol. The molecule has 0 unspecified atom stereocenters. The fraction of sp³-hybridized carbons (Fsp3) is 0.591. The number of carboxylic acids is 1. The smallest absolute Gasteiger partial charge is 0.419 e. The lowest BCUT2D eigenvalue weighted by Crippen LogP contribution is -2.46. The minimum atomic E-state index is -1.07. The number of nitrogens with zero attached hydrogens (tertiary/aromatic N) is 1. The summed E-state index contributed by atoms with van der Waals surface area (Å²) in [6.07, 6.45) is -1.28. The van der Waals surface area contributed by atoms with Crippen molar-refractivity contribution in [2.24, 2.45) is 0 Å². The average Bonchev–Trinajstić information content (AvgIpc) is 2.53. The quantitative estimate of drug-likeness (QED) is 0.545. The van der Waals surface area contributed by atoms with Crippen LogP contribution in [0.5, 0.6) is 0 Å². The van der Waals surface area contributed by atoms with Gasteiger partial charge in [-0.3, -0.25) is 0 Å². The first-order valence-electron chi connectivity index (χ1n) is 10.0. The Bertz CT molecular complexity index is 794. The maximum absolute atomic E-state index is 12.6. The summed E-state index contributed by atoms with van der Waals surface area (Å²) in [7, 11) is 0. The molecule has 0 aliphatic heterocycles. The number of ether oxygens (including phenoxy) is 2. The highest BCUT2D eigenvalue weighted by molar-refractivity contribution is 5.90. The van der Waals surface area contributed by atoms with Crippen molar-refractivity contribution < 1.29 is 29.0 Å². The number of hydrogen-bond donors (Lipinski definition) is 3. The SMILES string of the molecule is CC(C)(CCN(C(=O)OC(C)(C)C)C(=O)OC(C)(C)C)Nc1cc(C(=O)O)ccc1N. The minimum Gasteiger partial charge on any atom is -0.478 e. The molecule has 1 aromatic carbocycles. The second-order valence-electron chi connectivity index (χ2n) is 9.98. The van der Waals surface area contributed by atoms with Crippen LogP contribution in [0.25, 0.3) is 0 Å². The molecule has 0 aliphatic rings. The van der Waals surface area contributed by atoms with Crippen LogP contribution in [0, 0.1) is 0 Å². The van der Waals surface area contributed by atoms with Crippen molar-refractivity contribution >= 4 is 29.5 Å². The molecule has 0 atom stereocenters. The van der Waals surface area contributed by atoms with E-state index in [2.05, 4.69) is 5.32 Å². The molecule has 4 N–H and O–H groups in total. The lowest BCUT2D eigenvalue weighted by atomic mass is 9.99. The van der Waals surface area contributed by atoms with Gasteiger partial charge in [-0.25, -0.2) is 19.3 Å². The number of aromatic carboxylic acids is 1. The van der Waals surface area contributed by atoms with Gasteiger partial charge < -0.3 is 25.6 Å². The fourth-order valence-corrected chi connectivity index (χ4v) is 2.51. The Morgan fingerprint density at radius 2 is 1.45 bits per heavy atom. The highest BCUT2D eigenvalue weighted by atomic mass is 16.6. The van der Waals surface area contributed by atoms with Crippen molar-refractivity contribution in [1.82, 2.24) is 4.90 Å². The van der Waals surface area contributed by atoms with E-state index in [9.17, 15) is 19.5 Å². The van der Waals surface area contributed by atoms with Crippen LogP contribution in [-0.2, 0) is 9.47 Å². The molecule has 0 bridgehead atoms. The third-order valence-corrected chi connectivity index (χ3v) is 3.96. The maximum atomic E-state index is 12.6. The van der Waals surface area contributed by atoms with Gasteiger partial charge in [0.2, 0.25) is 0 Å². The van der Waals surface area contributed by atoms with E-state index in [1.807, 2.05) is 13.8 Å². The molecule has 0 radical (unpaired) electrons. The Kier molecular flexibility index (Phi) is 7.94. The van der Waals surface area contributed by atoms with Gasteiger partial charge in [-0.2, -0.15) is 0 Å². The zero-order valence-corrected chi connectivity index (χ0v) is 19.7. The van der Waals surface area contributed by atoms with Gasteiger partial charge in [0.05, 0.1) is 16.9 Å². The summed E-state index contributed by atoms with van der Waals surface area (Å²) in [4.78, 5) is 37.4. The third kappa shape index (κ3) is 9.15. The van der Waals surface area contributed by atoms with Crippen LogP contribution < -0.4 is 11.1 Å². The molecule has 2 amide bonds. The first-order chi connectivity index (χ1) is 13.9. The Balaban J connectivity index is 3.01. The number of carbonyl (C=O) groups excluding carboxylic acids is 2. The van der Waals surface area contributed by atoms with E-state index < -0.39 is 34.9 Å². The molecule has 0 saturated carbocycles. The van der Waals surface area contributed by atoms with Gasteiger partial charge in [0, 0.05) is 12.1 Å². The van der Waals surface area contributed by atoms with Crippen LogP contribution in [0.4, 0.5) is 21.0 Å². The summed E-state index contributed by atoms with van der Waals surface area (Å²) >= 11 is 0. The van der Waals surface area contributed by atoms with E-state index in [0.717, 1.165) is 4.90 Å². The normalized spacial score (nSPS) is 12.1. The number of anilines is 2. The molecule has 31 heavy (non-hydrogen) atoms. The maximum Gasteiger partial charge on any atom is 0.419 e. The summed E-state index contributed by atoms with van der Waals surface area (Å²) in [5.41, 5.74) is 4.69. The molecule has 9 nitrogen and oxygen atoms in total. The zero-order valence-electron chi connectivity index (χ0n) is 19.7. The lowest BCUT2D eigenvalue weighted by molar-refractivity contribution is 0.000681. The summed E-state index contributed by atoms with van der Waals surface area (Å²) in [5.74, 6) is -1.07. The molecule has 9 heteroatoms. The summed E-state index contributed by atoms with van der Waals surface area (Å²) in [5, 5.41) is 12.4. The predicted octanol–water partition coefficient (Wildman–Crippen LogP) is 4.72. The van der Waals surface area contributed by atoms with Gasteiger partial charge in [0.1, 0.15) is 11.2 Å². The largest absolute Gasteiger partial charge is 0.478 e. The van der Waals surface area contributed by atoms with E-state index in [1.54, 1.807) is 41.5 Å². The molecular weight excluding hydrogens is 402 g/mol. The van der Waals surface area contributed by atoms with Gasteiger partial charge in [-0.05, 0) is 80.0 Å². The number of benzene rings is 1. The number of nitrogens with two attached hydrogens (primary N) is 1. The Morgan fingerprint density at radius 3 is 1.87 bits per heavy atom. The Morgan fingerprint density at radius 1 is 0.968 bits per heavy atom. The zero-order chi connectivity index (χ0) is 24.2. The van der Waals surface area contributed by atoms with Crippen LogP contribution in [0.3, 0.4) is 0 Å². The number of carboxylic acid groups (broad SMARTS) is 1. The number of imide groups is 1. The second-order valence-corrected chi connectivity index (χ2v) is 9.98. The highest BCUT2D eigenvalue weighted by Gasteiger charge is 2.32. The molecule has 0 aromatic heterocycles. The average molecular weight is 438 g/mol. The van der Waals surface area contributed by atoms with Gasteiger partial charge in [0.25, 0.3) is 0 Å². The second kappa shape index (κ2) is 9.45. The van der Waals surface area contributed by atoms with Crippen LogP contribution in [-0.4, -0.2) is 51.4 Å². The molecule has 174 valence electrons. The Labute approximate surface area is 183 Å². The molecule has 0 fully saturated rings. The van der Waals surface area contributed by atoms with E-state index >= 15 is 0 Å². The van der Waals surface area contributed by atoms with Crippen molar-refractivity contribution in [3.63, 3.8) is 0 Å². The highest BCUT2D eigenvalue weighted by Crippen LogP contribution is 2.26. The lowest BCUT2D eigenvalue weighted by Gasteiger charge is -2.32. The number of carbonyl (C=O) groups is 3. The van der Waals surface area contributed by atoms with Gasteiger partial charge >= 0.3 is 18.2 Å². The molecule has 0 aliphatic carbocycles. The number of nitrogen functional groups attached to an aromatic ring is 1. The molecule has 1 aromatic rings. The van der Waals surface area contributed by atoms with Gasteiger partial charge in [-0.1, -0.05) is 0 Å². The first kappa shape index (κ1) is 26.1. The topological polar surface area (TPSA) is 131 Å². The van der Waals surface area contributed by atoms with Gasteiger partial charge in [0.15, 0.2) is 0 Å². The minimum absolute atomic E-state index is 0.0162. The molecule has 0 heterocycles. The number of nitrogens with one attached hydrogen (secondary N) is 1. The first-order valence-corrected chi connectivity index (χ1v) is 10.0. The van der Waals surface area contributed by atoms with Crippen LogP contribution in [0.2, 0.25) is 0 Å². The van der Waals surface area contributed by atoms with Crippen LogP contribution in [0.15, 0.2) is 18.2 Å². The van der Waals surface area contributed by atoms with E-state index in [-0.39, 0.29) is 12.1 Å². The van der Waals surface area contributed by atoms with E-state index in [4.69, 9.17) is 15.2 Å². The number of rotatable bonds is 6. The van der Waals surface area contributed by atoms with Crippen LogP contribution in [0.1, 0.15) is 72.2 Å². The molecule has 0 spiro atoms. The van der Waals surface area contributed by atoms with Crippen molar-refractivity contribution in [2.45, 2.75) is 78.6 Å².